The number of hydrogen-bond donors (Lipinski definition) is 1. The SMILES string of the molecule is O=C(Nc1ccc(-n2cccc2)cc1)C1CCC(=O)N1Cc1ccc(OC(F)F)cc1. The topological polar surface area (TPSA) is 63.6 Å². The van der Waals surface area contributed by atoms with E-state index in [0.717, 1.165) is 11.3 Å². The highest BCUT2D eigenvalue weighted by Gasteiger charge is 2.36. The smallest absolute Gasteiger partial charge is 0.387 e. The van der Waals surface area contributed by atoms with E-state index in [1.165, 1.54) is 17.0 Å². The lowest BCUT2D eigenvalue weighted by Crippen LogP contribution is -2.41. The van der Waals surface area contributed by atoms with Gasteiger partial charge in [0, 0.05) is 36.7 Å². The van der Waals surface area contributed by atoms with Gasteiger partial charge in [-0.2, -0.15) is 8.78 Å². The number of nitrogens with one attached hydrogen (secondary N) is 1. The van der Waals surface area contributed by atoms with Crippen LogP contribution in [0.4, 0.5) is 14.5 Å². The van der Waals surface area contributed by atoms with Crippen molar-refractivity contribution in [3.63, 3.8) is 0 Å². The third-order valence-electron chi connectivity index (χ3n) is 5.17. The van der Waals surface area contributed by atoms with Crippen LogP contribution >= 0.6 is 0 Å². The molecule has 31 heavy (non-hydrogen) atoms. The van der Waals surface area contributed by atoms with Gasteiger partial charge in [-0.15, -0.1) is 0 Å². The van der Waals surface area contributed by atoms with E-state index in [1.54, 1.807) is 12.1 Å². The lowest BCUT2D eigenvalue weighted by molar-refractivity contribution is -0.133. The van der Waals surface area contributed by atoms with E-state index in [9.17, 15) is 18.4 Å². The molecule has 1 N–H and O–H groups in total. The summed E-state index contributed by atoms with van der Waals surface area (Å²) < 4.78 is 30.9. The maximum absolute atomic E-state index is 12.8. The normalized spacial score (nSPS) is 16.0. The molecule has 1 aromatic heterocycles. The molecule has 1 aliphatic rings. The molecule has 0 bridgehead atoms. The summed E-state index contributed by atoms with van der Waals surface area (Å²) in [6.07, 6.45) is 4.58. The zero-order valence-corrected chi connectivity index (χ0v) is 16.6. The predicted octanol–water partition coefficient (Wildman–Crippen LogP) is 4.21. The van der Waals surface area contributed by atoms with E-state index in [0.29, 0.717) is 12.1 Å². The molecule has 2 aromatic carbocycles. The zero-order valence-electron chi connectivity index (χ0n) is 16.6. The minimum absolute atomic E-state index is 0.0455. The standard InChI is InChI=1S/C23H21F2N3O3/c24-23(25)31-19-9-3-16(4-10-19)15-28-20(11-12-21(28)29)22(30)26-17-5-7-18(8-6-17)27-13-1-2-14-27/h1-10,13-14,20,23H,11-12,15H2,(H,26,30). The number of benzene rings is 2. The summed E-state index contributed by atoms with van der Waals surface area (Å²) in [5, 5.41) is 2.88. The first-order chi connectivity index (χ1) is 15.0. The molecule has 2 amide bonds. The molecule has 0 saturated carbocycles. The number of hydrogen-bond acceptors (Lipinski definition) is 3. The van der Waals surface area contributed by atoms with Gasteiger partial charge < -0.3 is 19.5 Å². The monoisotopic (exact) mass is 425 g/mol. The van der Waals surface area contributed by atoms with Gasteiger partial charge >= 0.3 is 6.61 Å². The predicted molar refractivity (Wildman–Crippen MR) is 111 cm³/mol. The Morgan fingerprint density at radius 2 is 1.74 bits per heavy atom. The van der Waals surface area contributed by atoms with Crippen LogP contribution in [-0.2, 0) is 16.1 Å². The maximum Gasteiger partial charge on any atom is 0.387 e. The van der Waals surface area contributed by atoms with E-state index in [1.807, 2.05) is 53.4 Å². The Morgan fingerprint density at radius 3 is 2.39 bits per heavy atom. The summed E-state index contributed by atoms with van der Waals surface area (Å²) in [5.41, 5.74) is 2.35. The van der Waals surface area contributed by atoms with Gasteiger partial charge in [0.15, 0.2) is 0 Å². The first-order valence-electron chi connectivity index (χ1n) is 9.87. The van der Waals surface area contributed by atoms with E-state index in [4.69, 9.17) is 0 Å². The van der Waals surface area contributed by atoms with Crippen LogP contribution in [0.25, 0.3) is 5.69 Å². The largest absolute Gasteiger partial charge is 0.435 e. The summed E-state index contributed by atoms with van der Waals surface area (Å²) in [4.78, 5) is 26.7. The van der Waals surface area contributed by atoms with E-state index < -0.39 is 12.7 Å². The molecule has 1 atom stereocenters. The van der Waals surface area contributed by atoms with Crippen molar-refractivity contribution in [1.82, 2.24) is 9.47 Å². The number of carbonyl (C=O) groups is 2. The van der Waals surface area contributed by atoms with Gasteiger partial charge in [-0.05, 0) is 60.5 Å². The average molecular weight is 425 g/mol. The highest BCUT2D eigenvalue weighted by Crippen LogP contribution is 2.24. The number of anilines is 1. The van der Waals surface area contributed by atoms with Crippen molar-refractivity contribution >= 4 is 17.5 Å². The molecule has 0 radical (unpaired) electrons. The molecular weight excluding hydrogens is 404 g/mol. The second-order valence-electron chi connectivity index (χ2n) is 7.23. The van der Waals surface area contributed by atoms with Crippen LogP contribution in [0.5, 0.6) is 5.75 Å². The number of ether oxygens (including phenoxy) is 1. The van der Waals surface area contributed by atoms with E-state index >= 15 is 0 Å². The second-order valence-corrected chi connectivity index (χ2v) is 7.23. The number of halogens is 2. The Balaban J connectivity index is 1.40. The number of carbonyl (C=O) groups excluding carboxylic acids is 2. The van der Waals surface area contributed by atoms with Crippen LogP contribution in [0.3, 0.4) is 0 Å². The van der Waals surface area contributed by atoms with Crippen molar-refractivity contribution in [3.8, 4) is 11.4 Å². The molecule has 1 aliphatic heterocycles. The number of likely N-dealkylation sites (tertiary alicyclic amines) is 1. The number of aromatic nitrogens is 1. The molecule has 1 unspecified atom stereocenters. The van der Waals surface area contributed by atoms with Crippen molar-refractivity contribution < 1.29 is 23.1 Å². The van der Waals surface area contributed by atoms with Crippen molar-refractivity contribution in [2.75, 3.05) is 5.32 Å². The second kappa shape index (κ2) is 8.99. The van der Waals surface area contributed by atoms with Crippen LogP contribution in [0.2, 0.25) is 0 Å². The molecule has 0 aliphatic carbocycles. The summed E-state index contributed by atoms with van der Waals surface area (Å²) in [7, 11) is 0. The zero-order chi connectivity index (χ0) is 21.8. The third kappa shape index (κ3) is 4.91. The first kappa shape index (κ1) is 20.6. The summed E-state index contributed by atoms with van der Waals surface area (Å²) >= 11 is 0. The maximum atomic E-state index is 12.8. The number of nitrogens with zero attached hydrogens (tertiary/aromatic N) is 2. The fourth-order valence-electron chi connectivity index (χ4n) is 3.63. The van der Waals surface area contributed by atoms with Gasteiger partial charge in [-0.3, -0.25) is 9.59 Å². The lowest BCUT2D eigenvalue weighted by Gasteiger charge is -2.24. The molecular formula is C23H21F2N3O3. The highest BCUT2D eigenvalue weighted by molar-refractivity contribution is 5.99. The summed E-state index contributed by atoms with van der Waals surface area (Å²) in [6.45, 7) is -2.67. The van der Waals surface area contributed by atoms with Crippen LogP contribution in [0, 0.1) is 0 Å². The minimum atomic E-state index is -2.89. The molecule has 1 fully saturated rings. The van der Waals surface area contributed by atoms with Gasteiger partial charge in [0.25, 0.3) is 0 Å². The fraction of sp³-hybridized carbons (Fsp3) is 0.217. The minimum Gasteiger partial charge on any atom is -0.435 e. The van der Waals surface area contributed by atoms with Crippen molar-refractivity contribution in [3.05, 3.63) is 78.6 Å². The Labute approximate surface area is 178 Å². The molecule has 3 aromatic rings. The van der Waals surface area contributed by atoms with E-state index in [-0.39, 0.29) is 30.5 Å². The molecule has 6 nitrogen and oxygen atoms in total. The van der Waals surface area contributed by atoms with Gasteiger partial charge in [-0.1, -0.05) is 12.1 Å². The van der Waals surface area contributed by atoms with Crippen molar-refractivity contribution in [2.45, 2.75) is 32.0 Å². The highest BCUT2D eigenvalue weighted by atomic mass is 19.3. The lowest BCUT2D eigenvalue weighted by atomic mass is 10.1. The quantitative estimate of drug-likeness (QED) is 0.617. The Hall–Kier alpha value is -3.68. The van der Waals surface area contributed by atoms with Crippen LogP contribution in [0.1, 0.15) is 18.4 Å². The molecule has 0 spiro atoms. The number of alkyl halides is 2. The van der Waals surface area contributed by atoms with Crippen molar-refractivity contribution in [2.24, 2.45) is 0 Å². The molecule has 1 saturated heterocycles. The first-order valence-corrected chi connectivity index (χ1v) is 9.87. The van der Waals surface area contributed by atoms with Gasteiger partial charge in [-0.25, -0.2) is 0 Å². The average Bonchev–Trinajstić information content (AvgIpc) is 3.40. The van der Waals surface area contributed by atoms with E-state index in [2.05, 4.69) is 10.1 Å². The fourth-order valence-corrected chi connectivity index (χ4v) is 3.63. The van der Waals surface area contributed by atoms with Gasteiger partial charge in [0.05, 0.1) is 0 Å². The molecule has 4 rings (SSSR count). The third-order valence-corrected chi connectivity index (χ3v) is 5.17. The van der Waals surface area contributed by atoms with Gasteiger partial charge in [0.1, 0.15) is 11.8 Å². The Bertz CT molecular complexity index is 1030. The molecule has 160 valence electrons. The van der Waals surface area contributed by atoms with Crippen LogP contribution < -0.4 is 10.1 Å². The summed E-state index contributed by atoms with van der Waals surface area (Å²) in [6, 6.07) is 16.8. The number of rotatable bonds is 7. The Morgan fingerprint density at radius 1 is 1.06 bits per heavy atom. The van der Waals surface area contributed by atoms with Crippen LogP contribution in [0.15, 0.2) is 73.1 Å². The Kier molecular flexibility index (Phi) is 5.97. The molecule has 8 heteroatoms. The van der Waals surface area contributed by atoms with Crippen LogP contribution in [-0.4, -0.2) is 33.9 Å². The summed E-state index contributed by atoms with van der Waals surface area (Å²) in [5.74, 6) is -0.322. The van der Waals surface area contributed by atoms with Crippen molar-refractivity contribution in [1.29, 1.82) is 0 Å². The van der Waals surface area contributed by atoms with Gasteiger partial charge in [0.2, 0.25) is 11.8 Å². The molecule has 2 heterocycles. The number of amides is 2.